The first kappa shape index (κ1) is 15.9. The number of carbonyl (C=O) groups is 1. The largest absolute Gasteiger partial charge is 0.484 e. The molecule has 0 bridgehead atoms. The number of halogens is 2. The molecule has 0 amide bonds. The molecule has 2 rings (SSSR count). The molecule has 0 fully saturated rings. The van der Waals surface area contributed by atoms with E-state index < -0.39 is 0 Å². The van der Waals surface area contributed by atoms with Crippen LogP contribution < -0.4 is 10.5 Å². The van der Waals surface area contributed by atoms with Gasteiger partial charge in [0, 0.05) is 11.5 Å². The fourth-order valence-corrected chi connectivity index (χ4v) is 2.70. The molecule has 0 aliphatic heterocycles. The lowest BCUT2D eigenvalue weighted by Gasteiger charge is -2.13. The van der Waals surface area contributed by atoms with Crippen molar-refractivity contribution in [2.24, 2.45) is 7.05 Å². The van der Waals surface area contributed by atoms with Gasteiger partial charge >= 0.3 is 0 Å². The maximum atomic E-state index is 11.7. The van der Waals surface area contributed by atoms with Crippen molar-refractivity contribution in [3.63, 3.8) is 0 Å². The first-order valence-corrected chi connectivity index (χ1v) is 7.39. The number of nitrogens with zero attached hydrogens (tertiary/aromatic N) is 2. The third kappa shape index (κ3) is 3.22. The van der Waals surface area contributed by atoms with Gasteiger partial charge in [-0.3, -0.25) is 9.48 Å². The molecule has 0 spiro atoms. The molecule has 0 atom stereocenters. The summed E-state index contributed by atoms with van der Waals surface area (Å²) in [7, 11) is 1.79. The fourth-order valence-electron chi connectivity index (χ4n) is 2.01. The van der Waals surface area contributed by atoms with Crippen molar-refractivity contribution in [1.82, 2.24) is 9.78 Å². The molecule has 0 aliphatic carbocycles. The highest BCUT2D eigenvalue weighted by atomic mass is 79.9. The first-order valence-electron chi connectivity index (χ1n) is 6.22. The second-order valence-corrected chi connectivity index (χ2v) is 5.98. The monoisotopic (exact) mass is 371 g/mol. The van der Waals surface area contributed by atoms with E-state index in [1.54, 1.807) is 23.9 Å². The maximum Gasteiger partial charge on any atom is 0.163 e. The summed E-state index contributed by atoms with van der Waals surface area (Å²) < 4.78 is 8.11. The van der Waals surface area contributed by atoms with Crippen LogP contribution in [-0.4, -0.2) is 15.6 Å². The van der Waals surface area contributed by atoms with Gasteiger partial charge in [0.25, 0.3) is 0 Å². The Morgan fingerprint density at radius 3 is 2.71 bits per heavy atom. The van der Waals surface area contributed by atoms with Gasteiger partial charge in [-0.25, -0.2) is 0 Å². The molecule has 0 unspecified atom stereocenters. The molecule has 2 aromatic rings. The summed E-state index contributed by atoms with van der Waals surface area (Å²) in [6.07, 6.45) is 0. The lowest BCUT2D eigenvalue weighted by atomic mass is 10.1. The van der Waals surface area contributed by atoms with Crippen LogP contribution in [0.3, 0.4) is 0 Å². The quantitative estimate of drug-likeness (QED) is 0.658. The second kappa shape index (κ2) is 6.07. The van der Waals surface area contributed by atoms with Gasteiger partial charge < -0.3 is 10.5 Å². The van der Waals surface area contributed by atoms with Crippen LogP contribution in [-0.2, 0) is 13.7 Å². The number of nitrogen functional groups attached to an aromatic ring is 1. The zero-order valence-electron chi connectivity index (χ0n) is 11.9. The highest BCUT2D eigenvalue weighted by Crippen LogP contribution is 2.32. The summed E-state index contributed by atoms with van der Waals surface area (Å²) in [5.41, 5.74) is 8.22. The van der Waals surface area contributed by atoms with Crippen molar-refractivity contribution in [1.29, 1.82) is 0 Å². The summed E-state index contributed by atoms with van der Waals surface area (Å²) >= 11 is 9.49. The summed E-state index contributed by atoms with van der Waals surface area (Å²) in [5.74, 6) is 0.242. The number of aromatic nitrogens is 2. The van der Waals surface area contributed by atoms with E-state index in [0.29, 0.717) is 22.0 Å². The Kier molecular flexibility index (Phi) is 4.58. The minimum Gasteiger partial charge on any atom is -0.484 e. The van der Waals surface area contributed by atoms with Gasteiger partial charge in [-0.15, -0.1) is 0 Å². The van der Waals surface area contributed by atoms with Crippen LogP contribution in [0.2, 0.25) is 5.02 Å². The normalized spacial score (nSPS) is 10.7. The highest BCUT2D eigenvalue weighted by molar-refractivity contribution is 9.10. The van der Waals surface area contributed by atoms with Gasteiger partial charge in [-0.2, -0.15) is 5.10 Å². The summed E-state index contributed by atoms with van der Waals surface area (Å²) in [6.45, 7) is 3.47. The van der Waals surface area contributed by atoms with E-state index in [4.69, 9.17) is 22.1 Å². The summed E-state index contributed by atoms with van der Waals surface area (Å²) in [4.78, 5) is 11.7. The van der Waals surface area contributed by atoms with Gasteiger partial charge in [0.1, 0.15) is 6.61 Å². The number of aryl methyl sites for hydroxylation is 2. The Labute approximate surface area is 136 Å². The molecule has 2 N–H and O–H groups in total. The SMILES string of the molecule is CC(=O)c1cc(Br)cc(N)c1OCc1c(Cl)c(C)nn1C. The molecule has 1 aromatic heterocycles. The Balaban J connectivity index is 2.34. The number of hydrogen-bond donors (Lipinski definition) is 1. The predicted octanol–water partition coefficient (Wildman–Crippen LogP) is 3.51. The van der Waals surface area contributed by atoms with Crippen LogP contribution >= 0.6 is 27.5 Å². The van der Waals surface area contributed by atoms with Crippen molar-refractivity contribution in [2.45, 2.75) is 20.5 Å². The fraction of sp³-hybridized carbons (Fsp3) is 0.286. The van der Waals surface area contributed by atoms with Gasteiger partial charge in [0.15, 0.2) is 11.5 Å². The van der Waals surface area contributed by atoms with Crippen molar-refractivity contribution < 1.29 is 9.53 Å². The Morgan fingerprint density at radius 1 is 1.52 bits per heavy atom. The van der Waals surface area contributed by atoms with Gasteiger partial charge in [-0.1, -0.05) is 27.5 Å². The van der Waals surface area contributed by atoms with E-state index in [2.05, 4.69) is 21.0 Å². The van der Waals surface area contributed by atoms with E-state index in [1.807, 2.05) is 6.92 Å². The molecule has 1 heterocycles. The third-order valence-electron chi connectivity index (χ3n) is 3.08. The molecule has 112 valence electrons. The first-order chi connectivity index (χ1) is 9.81. The number of carbonyl (C=O) groups excluding carboxylic acids is 1. The number of hydrogen-bond acceptors (Lipinski definition) is 4. The maximum absolute atomic E-state index is 11.7. The zero-order valence-corrected chi connectivity index (χ0v) is 14.2. The molecular formula is C14H15BrClN3O2. The number of nitrogens with two attached hydrogens (primary N) is 1. The van der Waals surface area contributed by atoms with Crippen molar-refractivity contribution >= 4 is 39.0 Å². The average Bonchev–Trinajstić information content (AvgIpc) is 2.62. The highest BCUT2D eigenvalue weighted by Gasteiger charge is 2.16. The molecule has 0 radical (unpaired) electrons. The summed E-state index contributed by atoms with van der Waals surface area (Å²) in [5, 5.41) is 4.77. The van der Waals surface area contributed by atoms with E-state index in [1.165, 1.54) is 6.92 Å². The van der Waals surface area contributed by atoms with Crippen molar-refractivity contribution in [3.05, 3.63) is 38.6 Å². The van der Waals surface area contributed by atoms with Crippen LogP contribution in [0, 0.1) is 6.92 Å². The van der Waals surface area contributed by atoms with E-state index in [-0.39, 0.29) is 12.4 Å². The van der Waals surface area contributed by atoms with E-state index >= 15 is 0 Å². The lowest BCUT2D eigenvalue weighted by molar-refractivity contribution is 0.101. The van der Waals surface area contributed by atoms with Crippen molar-refractivity contribution in [2.75, 3.05) is 5.73 Å². The molecule has 0 aliphatic rings. The van der Waals surface area contributed by atoms with Gasteiger partial charge in [0.2, 0.25) is 0 Å². The van der Waals surface area contributed by atoms with E-state index in [9.17, 15) is 4.79 Å². The minimum atomic E-state index is -0.120. The third-order valence-corrected chi connectivity index (χ3v) is 4.03. The number of ether oxygens (including phenoxy) is 1. The predicted molar refractivity (Wildman–Crippen MR) is 85.8 cm³/mol. The van der Waals surface area contributed by atoms with Crippen LogP contribution in [0.15, 0.2) is 16.6 Å². The number of benzene rings is 1. The Bertz CT molecular complexity index is 713. The number of ketones is 1. The van der Waals surface area contributed by atoms with E-state index in [0.717, 1.165) is 15.9 Å². The lowest BCUT2D eigenvalue weighted by Crippen LogP contribution is -2.08. The minimum absolute atomic E-state index is 0.120. The smallest absolute Gasteiger partial charge is 0.163 e. The summed E-state index contributed by atoms with van der Waals surface area (Å²) in [6, 6.07) is 3.38. The number of rotatable bonds is 4. The number of Topliss-reactive ketones (excluding diaryl/α,β-unsaturated/α-hetero) is 1. The van der Waals surface area contributed by atoms with Gasteiger partial charge in [-0.05, 0) is 26.0 Å². The zero-order chi connectivity index (χ0) is 15.7. The Hall–Kier alpha value is -1.53. The number of anilines is 1. The molecule has 21 heavy (non-hydrogen) atoms. The Morgan fingerprint density at radius 2 is 2.19 bits per heavy atom. The van der Waals surface area contributed by atoms with Crippen LogP contribution in [0.25, 0.3) is 0 Å². The molecule has 0 saturated heterocycles. The topological polar surface area (TPSA) is 70.1 Å². The molecule has 1 aromatic carbocycles. The van der Waals surface area contributed by atoms with Gasteiger partial charge in [0.05, 0.1) is 27.7 Å². The van der Waals surface area contributed by atoms with Crippen LogP contribution in [0.1, 0.15) is 28.7 Å². The molecule has 7 heteroatoms. The second-order valence-electron chi connectivity index (χ2n) is 4.69. The standard InChI is InChI=1S/C14H15BrClN3O2/c1-7-13(16)12(19(3)18-7)6-21-14-10(8(2)20)4-9(15)5-11(14)17/h4-5H,6,17H2,1-3H3. The van der Waals surface area contributed by atoms with Crippen molar-refractivity contribution in [3.8, 4) is 5.75 Å². The average molecular weight is 373 g/mol. The van der Waals surface area contributed by atoms with Crippen LogP contribution in [0.5, 0.6) is 5.75 Å². The van der Waals surface area contributed by atoms with Crippen LogP contribution in [0.4, 0.5) is 5.69 Å². The molecule has 0 saturated carbocycles. The molecular weight excluding hydrogens is 358 g/mol. The molecule has 5 nitrogen and oxygen atoms in total.